The van der Waals surface area contributed by atoms with Gasteiger partial charge in [0.25, 0.3) is 0 Å². The molecule has 0 unspecified atom stereocenters. The molecule has 0 heterocycles. The first-order chi connectivity index (χ1) is 12.4. The van der Waals surface area contributed by atoms with Gasteiger partial charge in [0.05, 0.1) is 5.02 Å². The summed E-state index contributed by atoms with van der Waals surface area (Å²) >= 11 is 16.1. The third-order valence-electron chi connectivity index (χ3n) is 2.66. The summed E-state index contributed by atoms with van der Waals surface area (Å²) in [6, 6.07) is 7.16. The molecule has 2 rings (SSSR count). The second kappa shape index (κ2) is 8.34. The van der Waals surface area contributed by atoms with E-state index in [4.69, 9.17) is 23.2 Å². The molecule has 0 saturated heterocycles. The number of carbonyl (C=O) groups is 1. The lowest BCUT2D eigenvalue weighted by molar-refractivity contribution is -0.0964. The summed E-state index contributed by atoms with van der Waals surface area (Å²) in [5.74, 6) is -0.515. The molecule has 0 aromatic heterocycles. The number of anilines is 1. The second-order valence-corrected chi connectivity index (χ2v) is 7.30. The lowest BCUT2D eigenvalue weighted by Crippen LogP contribution is -2.37. The van der Waals surface area contributed by atoms with Crippen LogP contribution in [0.3, 0.4) is 0 Å². The molecule has 0 fully saturated rings. The van der Waals surface area contributed by atoms with Crippen molar-refractivity contribution in [2.24, 2.45) is 0 Å². The Morgan fingerprint density at radius 2 is 1.70 bits per heavy atom. The van der Waals surface area contributed by atoms with E-state index < -0.39 is 21.9 Å². The van der Waals surface area contributed by atoms with Crippen LogP contribution in [-0.2, 0) is 10.3 Å². The molecular formula is C14H9Cl3F2N2O5S. The van der Waals surface area contributed by atoms with E-state index in [1.54, 1.807) is 4.72 Å². The number of amides is 2. The Labute approximate surface area is 167 Å². The minimum absolute atomic E-state index is 0.0810. The maximum atomic E-state index is 12.5. The SMILES string of the molecule is O=C(Nc1ccc(OC(F)(F)Cl)cc1)NS(=O)(=O)Oc1ccc(Cl)cc1Cl. The summed E-state index contributed by atoms with van der Waals surface area (Å²) in [6.45, 7) is 0. The first-order valence-electron chi connectivity index (χ1n) is 6.77. The molecular weight excluding hydrogens is 453 g/mol. The van der Waals surface area contributed by atoms with Gasteiger partial charge in [0.2, 0.25) is 0 Å². The Hall–Kier alpha value is -2.01. The molecule has 0 radical (unpaired) electrons. The summed E-state index contributed by atoms with van der Waals surface area (Å²) in [7, 11) is -4.55. The molecule has 0 aliphatic carbocycles. The number of benzene rings is 2. The van der Waals surface area contributed by atoms with E-state index in [0.717, 1.165) is 12.1 Å². The number of rotatable bonds is 6. The average molecular weight is 462 g/mol. The van der Waals surface area contributed by atoms with Crippen LogP contribution in [0.5, 0.6) is 11.5 Å². The van der Waals surface area contributed by atoms with Gasteiger partial charge in [0.15, 0.2) is 5.75 Å². The third-order valence-corrected chi connectivity index (χ3v) is 4.10. The van der Waals surface area contributed by atoms with Crippen molar-refractivity contribution in [3.63, 3.8) is 0 Å². The van der Waals surface area contributed by atoms with Crippen molar-refractivity contribution in [2.75, 3.05) is 5.32 Å². The van der Waals surface area contributed by atoms with Crippen molar-refractivity contribution >= 4 is 56.8 Å². The largest absolute Gasteiger partial charge is 0.487 e. The third kappa shape index (κ3) is 7.25. The van der Waals surface area contributed by atoms with Crippen LogP contribution in [0, 0.1) is 0 Å². The lowest BCUT2D eigenvalue weighted by atomic mass is 10.3. The summed E-state index contributed by atoms with van der Waals surface area (Å²) in [5, 5.41) is 2.33. The van der Waals surface area contributed by atoms with Gasteiger partial charge in [-0.25, -0.2) is 9.52 Å². The summed E-state index contributed by atoms with van der Waals surface area (Å²) < 4.78 is 59.0. The molecule has 2 amide bonds. The molecule has 0 aliphatic heterocycles. The number of ether oxygens (including phenoxy) is 1. The van der Waals surface area contributed by atoms with Crippen molar-refractivity contribution in [3.05, 3.63) is 52.5 Å². The van der Waals surface area contributed by atoms with E-state index in [1.807, 2.05) is 0 Å². The van der Waals surface area contributed by atoms with E-state index in [-0.39, 0.29) is 27.2 Å². The van der Waals surface area contributed by atoms with Crippen molar-refractivity contribution in [3.8, 4) is 11.5 Å². The fourth-order valence-electron chi connectivity index (χ4n) is 1.69. The molecule has 0 bridgehead atoms. The van der Waals surface area contributed by atoms with Gasteiger partial charge in [-0.15, -0.1) is 8.78 Å². The van der Waals surface area contributed by atoms with Crippen LogP contribution in [0.1, 0.15) is 0 Å². The molecule has 0 saturated carbocycles. The van der Waals surface area contributed by atoms with E-state index >= 15 is 0 Å². The average Bonchev–Trinajstić information content (AvgIpc) is 2.50. The maximum absolute atomic E-state index is 12.5. The molecule has 0 atom stereocenters. The number of hydrogen-bond donors (Lipinski definition) is 2. The molecule has 2 aromatic rings. The lowest BCUT2D eigenvalue weighted by Gasteiger charge is -2.12. The summed E-state index contributed by atoms with van der Waals surface area (Å²) in [6.07, 6.45) is 0. The highest BCUT2D eigenvalue weighted by Gasteiger charge is 2.27. The summed E-state index contributed by atoms with van der Waals surface area (Å²) in [4.78, 5) is 11.8. The molecule has 0 aliphatic rings. The van der Waals surface area contributed by atoms with Crippen molar-refractivity contribution in [1.82, 2.24) is 4.72 Å². The van der Waals surface area contributed by atoms with Crippen LogP contribution in [-0.4, -0.2) is 20.0 Å². The van der Waals surface area contributed by atoms with Gasteiger partial charge >= 0.3 is 21.9 Å². The zero-order chi connectivity index (χ0) is 20.2. The molecule has 27 heavy (non-hydrogen) atoms. The highest BCUT2D eigenvalue weighted by atomic mass is 35.5. The molecule has 0 spiro atoms. The Kier molecular flexibility index (Phi) is 6.58. The predicted molar refractivity (Wildman–Crippen MR) is 96.0 cm³/mol. The topological polar surface area (TPSA) is 93.7 Å². The van der Waals surface area contributed by atoms with Crippen molar-refractivity contribution < 1.29 is 30.9 Å². The van der Waals surface area contributed by atoms with Gasteiger partial charge in [-0.1, -0.05) is 23.2 Å². The van der Waals surface area contributed by atoms with Crippen molar-refractivity contribution in [1.29, 1.82) is 0 Å². The first kappa shape index (κ1) is 21.3. The highest BCUT2D eigenvalue weighted by molar-refractivity contribution is 7.85. The van der Waals surface area contributed by atoms with Crippen LogP contribution in [0.25, 0.3) is 0 Å². The van der Waals surface area contributed by atoms with Gasteiger partial charge in [-0.3, -0.25) is 0 Å². The van der Waals surface area contributed by atoms with Gasteiger partial charge in [-0.2, -0.15) is 8.42 Å². The van der Waals surface area contributed by atoms with E-state index in [9.17, 15) is 22.0 Å². The standard InChI is InChI=1S/C14H9Cl3F2N2O5S/c15-8-1-6-12(11(16)7-8)26-27(23,24)21-13(22)20-9-2-4-10(5-3-9)25-14(17,18)19/h1-7H,(H2,20,21,22). The zero-order valence-corrected chi connectivity index (χ0v) is 16.0. The second-order valence-electron chi connectivity index (χ2n) is 4.74. The zero-order valence-electron chi connectivity index (χ0n) is 12.9. The number of nitrogens with one attached hydrogen (secondary N) is 2. The quantitative estimate of drug-likeness (QED) is 0.613. The minimum atomic E-state index is -4.55. The van der Waals surface area contributed by atoms with Gasteiger partial charge in [-0.05, 0) is 42.5 Å². The Morgan fingerprint density at radius 1 is 1.07 bits per heavy atom. The number of alkyl halides is 3. The predicted octanol–water partition coefficient (Wildman–Crippen LogP) is 4.61. The van der Waals surface area contributed by atoms with Crippen LogP contribution in [0.15, 0.2) is 42.5 Å². The monoisotopic (exact) mass is 460 g/mol. The minimum Gasteiger partial charge on any atom is -0.420 e. The number of hydrogen-bond acceptors (Lipinski definition) is 5. The Balaban J connectivity index is 1.97. The molecule has 2 aromatic carbocycles. The Morgan fingerprint density at radius 3 is 2.26 bits per heavy atom. The maximum Gasteiger partial charge on any atom is 0.487 e. The number of urea groups is 1. The van der Waals surface area contributed by atoms with Gasteiger partial charge in [0, 0.05) is 22.3 Å². The summed E-state index contributed by atoms with van der Waals surface area (Å²) in [5.41, 5.74) is -3.81. The van der Waals surface area contributed by atoms with Crippen LogP contribution in [0.4, 0.5) is 19.3 Å². The van der Waals surface area contributed by atoms with E-state index in [2.05, 4.69) is 25.8 Å². The van der Waals surface area contributed by atoms with Crippen LogP contribution in [0.2, 0.25) is 10.0 Å². The normalized spacial score (nSPS) is 11.6. The number of halogens is 5. The fraction of sp³-hybridized carbons (Fsp3) is 0.0714. The van der Waals surface area contributed by atoms with E-state index in [0.29, 0.717) is 0 Å². The molecule has 13 heteroatoms. The molecule has 7 nitrogen and oxygen atoms in total. The van der Waals surface area contributed by atoms with Crippen LogP contribution >= 0.6 is 34.8 Å². The Bertz CT molecular complexity index is 937. The highest BCUT2D eigenvalue weighted by Crippen LogP contribution is 2.28. The van der Waals surface area contributed by atoms with E-state index in [1.165, 1.54) is 30.3 Å². The van der Waals surface area contributed by atoms with Crippen molar-refractivity contribution in [2.45, 2.75) is 5.57 Å². The van der Waals surface area contributed by atoms with Crippen LogP contribution < -0.4 is 19.0 Å². The number of carbonyl (C=O) groups excluding carboxylic acids is 1. The first-order valence-corrected chi connectivity index (χ1v) is 9.32. The van der Waals surface area contributed by atoms with Gasteiger partial charge in [0.1, 0.15) is 5.75 Å². The smallest absolute Gasteiger partial charge is 0.420 e. The molecule has 2 N–H and O–H groups in total. The molecule has 146 valence electrons. The van der Waals surface area contributed by atoms with Gasteiger partial charge < -0.3 is 14.2 Å². The fourth-order valence-corrected chi connectivity index (χ4v) is 2.98.